The molecule has 5 aromatic rings. The van der Waals surface area contributed by atoms with E-state index < -0.39 is 0 Å². The summed E-state index contributed by atoms with van der Waals surface area (Å²) in [7, 11) is 6.90. The van der Waals surface area contributed by atoms with Crippen molar-refractivity contribution in [3.63, 3.8) is 0 Å². The van der Waals surface area contributed by atoms with Gasteiger partial charge in [0.2, 0.25) is 5.91 Å². The first-order chi connectivity index (χ1) is 22.8. The predicted molar refractivity (Wildman–Crippen MR) is 178 cm³/mol. The smallest absolute Gasteiger partial charge is 0.271 e. The van der Waals surface area contributed by atoms with Crippen LogP contribution in [0.1, 0.15) is 35.1 Å². The number of likely N-dealkylation sites (tertiary alicyclic amines) is 1. The molecular weight excluding hydrogens is 596 g/mol. The molecule has 2 aliphatic rings. The van der Waals surface area contributed by atoms with Gasteiger partial charge in [-0.15, -0.1) is 10.2 Å². The number of amides is 2. The van der Waals surface area contributed by atoms with Crippen LogP contribution in [-0.4, -0.2) is 92.9 Å². The molecule has 13 nitrogen and oxygen atoms in total. The number of hydrogen-bond donors (Lipinski definition) is 2. The second-order valence-corrected chi connectivity index (χ2v) is 12.2. The lowest BCUT2D eigenvalue weighted by atomic mass is 9.97. The number of fused-ring (bicyclic) bond motifs is 1. The number of nitrogens with one attached hydrogen (secondary N) is 2. The van der Waals surface area contributed by atoms with Crippen LogP contribution >= 0.6 is 0 Å². The topological polar surface area (TPSA) is 143 Å². The number of carbonyl (C=O) groups excluding carboxylic acids is 2. The lowest BCUT2D eigenvalue weighted by Gasteiger charge is -2.39. The van der Waals surface area contributed by atoms with E-state index in [2.05, 4.69) is 41.9 Å². The van der Waals surface area contributed by atoms with Crippen LogP contribution in [0.2, 0.25) is 0 Å². The molecule has 47 heavy (non-hydrogen) atoms. The standard InChI is InChI=1S/C34H36N10O3/c1-35-32-30-26(13-29(40-41-30)39-33(45)20-11-12-20)27(15-36-32)25-9-6-8-24(31(25)47-4)21-14-37-44(16-21)23-18-43(19-23)17-22-7-5-10-28(38-22)34(46)42(2)3/h5-10,13-16,20,23H,11-12,17-19H2,1-4H3,(H,35,36)(H,39,40,45). The summed E-state index contributed by atoms with van der Waals surface area (Å²) in [6.07, 6.45) is 7.50. The molecule has 4 aromatic heterocycles. The molecule has 0 unspecified atom stereocenters. The van der Waals surface area contributed by atoms with Crippen molar-refractivity contribution in [2.75, 3.05) is 52.0 Å². The molecule has 1 aliphatic heterocycles. The van der Waals surface area contributed by atoms with Crippen LogP contribution in [0.3, 0.4) is 0 Å². The van der Waals surface area contributed by atoms with E-state index in [-0.39, 0.29) is 23.8 Å². The van der Waals surface area contributed by atoms with Gasteiger partial charge in [-0.2, -0.15) is 5.10 Å². The molecule has 2 fully saturated rings. The van der Waals surface area contributed by atoms with E-state index in [1.165, 1.54) is 4.90 Å². The van der Waals surface area contributed by atoms with Gasteiger partial charge in [-0.25, -0.2) is 9.97 Å². The monoisotopic (exact) mass is 632 g/mol. The summed E-state index contributed by atoms with van der Waals surface area (Å²) in [6.45, 7) is 2.31. The molecule has 0 atom stereocenters. The summed E-state index contributed by atoms with van der Waals surface area (Å²) in [4.78, 5) is 37.8. The highest BCUT2D eigenvalue weighted by molar-refractivity contribution is 6.03. The quantitative estimate of drug-likeness (QED) is 0.231. The third-order valence-corrected chi connectivity index (χ3v) is 8.62. The summed E-state index contributed by atoms with van der Waals surface area (Å²) < 4.78 is 8.03. The first-order valence-corrected chi connectivity index (χ1v) is 15.6. The summed E-state index contributed by atoms with van der Waals surface area (Å²) in [5, 5.41) is 20.2. The number of methoxy groups -OCH3 is 1. The first kappa shape index (κ1) is 30.2. The van der Waals surface area contributed by atoms with Gasteiger partial charge < -0.3 is 20.3 Å². The van der Waals surface area contributed by atoms with Crippen molar-refractivity contribution in [1.29, 1.82) is 0 Å². The van der Waals surface area contributed by atoms with Crippen LogP contribution in [0, 0.1) is 5.92 Å². The molecule has 7 rings (SSSR count). The SMILES string of the molecule is CNc1ncc(-c2cccc(-c3cnn(C4CN(Cc5cccc(C(=O)N(C)C)n5)C4)c3)c2OC)c2cc(NC(=O)C3CC3)nnc12. The van der Waals surface area contributed by atoms with E-state index in [0.29, 0.717) is 35.1 Å². The Kier molecular flexibility index (Phi) is 7.98. The van der Waals surface area contributed by atoms with Gasteiger partial charge in [0.1, 0.15) is 17.0 Å². The normalized spacial score (nSPS) is 14.9. The lowest BCUT2D eigenvalue weighted by Crippen LogP contribution is -2.47. The molecule has 1 aromatic carbocycles. The summed E-state index contributed by atoms with van der Waals surface area (Å²) in [5.41, 5.74) is 5.38. The molecule has 13 heteroatoms. The van der Waals surface area contributed by atoms with E-state index in [4.69, 9.17) is 9.84 Å². The summed E-state index contributed by atoms with van der Waals surface area (Å²) >= 11 is 0. The number of aromatic nitrogens is 6. The van der Waals surface area contributed by atoms with Crippen LogP contribution in [0.4, 0.5) is 11.6 Å². The molecule has 1 aliphatic carbocycles. The van der Waals surface area contributed by atoms with Gasteiger partial charge in [0.15, 0.2) is 11.6 Å². The Bertz CT molecular complexity index is 1980. The van der Waals surface area contributed by atoms with Gasteiger partial charge in [-0.3, -0.25) is 19.2 Å². The van der Waals surface area contributed by atoms with Crippen molar-refractivity contribution in [1.82, 2.24) is 39.7 Å². The number of pyridine rings is 2. The predicted octanol–water partition coefficient (Wildman–Crippen LogP) is 4.11. The number of rotatable bonds is 10. The zero-order chi connectivity index (χ0) is 32.7. The van der Waals surface area contributed by atoms with Crippen molar-refractivity contribution in [3.05, 3.63) is 72.4 Å². The minimum atomic E-state index is -0.105. The van der Waals surface area contributed by atoms with Crippen LogP contribution in [-0.2, 0) is 11.3 Å². The number of para-hydroxylation sites is 1. The van der Waals surface area contributed by atoms with Crippen molar-refractivity contribution in [2.45, 2.75) is 25.4 Å². The Balaban J connectivity index is 1.13. The fraction of sp³-hybridized carbons (Fsp3) is 0.324. The molecule has 0 spiro atoms. The Labute approximate surface area is 272 Å². The largest absolute Gasteiger partial charge is 0.495 e. The third-order valence-electron chi connectivity index (χ3n) is 8.62. The van der Waals surface area contributed by atoms with Crippen LogP contribution in [0.15, 0.2) is 61.1 Å². The Morgan fingerprint density at radius 1 is 1.02 bits per heavy atom. The number of nitrogens with zero attached hydrogens (tertiary/aromatic N) is 8. The highest BCUT2D eigenvalue weighted by atomic mass is 16.5. The van der Waals surface area contributed by atoms with Gasteiger partial charge in [-0.1, -0.05) is 24.3 Å². The van der Waals surface area contributed by atoms with Gasteiger partial charge >= 0.3 is 0 Å². The maximum atomic E-state index is 12.5. The molecule has 240 valence electrons. The molecule has 1 saturated carbocycles. The maximum absolute atomic E-state index is 12.5. The lowest BCUT2D eigenvalue weighted by molar-refractivity contribution is -0.117. The third kappa shape index (κ3) is 5.97. The number of hydrogen-bond acceptors (Lipinski definition) is 10. The van der Waals surface area contributed by atoms with Crippen LogP contribution < -0.4 is 15.4 Å². The van der Waals surface area contributed by atoms with E-state index in [0.717, 1.165) is 59.3 Å². The molecule has 1 saturated heterocycles. The number of anilines is 2. The van der Waals surface area contributed by atoms with Crippen molar-refractivity contribution in [3.8, 4) is 28.0 Å². The fourth-order valence-electron chi connectivity index (χ4n) is 5.92. The van der Waals surface area contributed by atoms with Crippen LogP contribution in [0.25, 0.3) is 33.2 Å². The Hall–Kier alpha value is -5.43. The van der Waals surface area contributed by atoms with Crippen molar-refractivity contribution in [2.24, 2.45) is 5.92 Å². The molecule has 2 amide bonds. The minimum absolute atomic E-state index is 0.0309. The van der Waals surface area contributed by atoms with Gasteiger partial charge in [-0.05, 0) is 31.0 Å². The highest BCUT2D eigenvalue weighted by Crippen LogP contribution is 2.42. The van der Waals surface area contributed by atoms with E-state index >= 15 is 0 Å². The Morgan fingerprint density at radius 2 is 1.81 bits per heavy atom. The molecular formula is C34H36N10O3. The molecule has 5 heterocycles. The van der Waals surface area contributed by atoms with E-state index in [1.54, 1.807) is 40.5 Å². The van der Waals surface area contributed by atoms with Gasteiger partial charge in [0, 0.05) is 86.7 Å². The average molecular weight is 633 g/mol. The molecule has 0 bridgehead atoms. The molecule has 2 N–H and O–H groups in total. The highest BCUT2D eigenvalue weighted by Gasteiger charge is 2.31. The van der Waals surface area contributed by atoms with Crippen LogP contribution in [0.5, 0.6) is 5.75 Å². The summed E-state index contributed by atoms with van der Waals surface area (Å²) in [5.74, 6) is 1.59. The second kappa shape index (κ2) is 12.4. The fourth-order valence-corrected chi connectivity index (χ4v) is 5.92. The maximum Gasteiger partial charge on any atom is 0.271 e. The number of benzene rings is 1. The molecule has 0 radical (unpaired) electrons. The second-order valence-electron chi connectivity index (χ2n) is 12.2. The van der Waals surface area contributed by atoms with Crippen molar-refractivity contribution >= 4 is 34.4 Å². The first-order valence-electron chi connectivity index (χ1n) is 15.6. The Morgan fingerprint density at radius 3 is 2.55 bits per heavy atom. The number of carbonyl (C=O) groups is 2. The summed E-state index contributed by atoms with van der Waals surface area (Å²) in [6, 6.07) is 13.6. The van der Waals surface area contributed by atoms with E-state index in [9.17, 15) is 9.59 Å². The minimum Gasteiger partial charge on any atom is -0.495 e. The zero-order valence-corrected chi connectivity index (χ0v) is 26.8. The number of ether oxygens (including phenoxy) is 1. The van der Waals surface area contributed by atoms with E-state index in [1.807, 2.05) is 47.3 Å². The van der Waals surface area contributed by atoms with Gasteiger partial charge in [0.25, 0.3) is 5.91 Å². The van der Waals surface area contributed by atoms with Crippen molar-refractivity contribution < 1.29 is 14.3 Å². The van der Waals surface area contributed by atoms with Gasteiger partial charge in [0.05, 0.1) is 25.0 Å². The average Bonchev–Trinajstić information content (AvgIpc) is 3.82. The zero-order valence-electron chi connectivity index (χ0n) is 26.8.